The smallest absolute Gasteiger partial charge is 0.313 e. The van der Waals surface area contributed by atoms with Crippen LogP contribution in [0.4, 0.5) is 0 Å². The van der Waals surface area contributed by atoms with Crippen molar-refractivity contribution in [3.63, 3.8) is 0 Å². The monoisotopic (exact) mass is 280 g/mol. The molecule has 0 fully saturated rings. The van der Waals surface area contributed by atoms with Crippen molar-refractivity contribution in [3.05, 3.63) is 35.5 Å². The molecular formula is C13H16N2O3S. The van der Waals surface area contributed by atoms with Crippen LogP contribution in [0.2, 0.25) is 0 Å². The highest BCUT2D eigenvalue weighted by molar-refractivity contribution is 7.99. The van der Waals surface area contributed by atoms with Crippen molar-refractivity contribution in [2.24, 2.45) is 0 Å². The van der Waals surface area contributed by atoms with Crippen LogP contribution >= 0.6 is 11.8 Å². The molecule has 0 aliphatic carbocycles. The normalized spacial score (nSPS) is 12.6. The molecule has 2 rings (SSSR count). The number of nitrogens with zero attached hydrogens (tertiary/aromatic N) is 2. The van der Waals surface area contributed by atoms with Crippen LogP contribution in [0, 0.1) is 13.8 Å². The molecule has 0 saturated carbocycles. The van der Waals surface area contributed by atoms with E-state index in [2.05, 4.69) is 4.98 Å². The van der Waals surface area contributed by atoms with Gasteiger partial charge >= 0.3 is 5.97 Å². The Bertz CT molecular complexity index is 588. The molecule has 5 nitrogen and oxygen atoms in total. The lowest BCUT2D eigenvalue weighted by atomic mass is 10.2. The Morgan fingerprint density at radius 3 is 2.84 bits per heavy atom. The lowest BCUT2D eigenvalue weighted by Crippen LogP contribution is -2.07. The van der Waals surface area contributed by atoms with Gasteiger partial charge in [0.2, 0.25) is 0 Å². The van der Waals surface area contributed by atoms with Crippen molar-refractivity contribution < 1.29 is 14.3 Å². The zero-order chi connectivity index (χ0) is 14.0. The molecule has 2 heterocycles. The average molecular weight is 280 g/mol. The molecule has 0 aliphatic rings. The maximum atomic E-state index is 10.7. The van der Waals surface area contributed by atoms with Gasteiger partial charge in [-0.15, -0.1) is 0 Å². The summed E-state index contributed by atoms with van der Waals surface area (Å²) in [6.45, 7) is 5.79. The summed E-state index contributed by atoms with van der Waals surface area (Å²) < 4.78 is 7.56. The molecule has 6 heteroatoms. The van der Waals surface area contributed by atoms with Gasteiger partial charge in [-0.25, -0.2) is 4.98 Å². The van der Waals surface area contributed by atoms with Gasteiger partial charge in [0.05, 0.1) is 17.5 Å². The van der Waals surface area contributed by atoms with E-state index in [4.69, 9.17) is 9.52 Å². The molecule has 102 valence electrons. The molecule has 2 aromatic heterocycles. The standard InChI is InChI=1S/C13H16N2O3S/c1-8-6-15(13(14-8)19-7-12(16)17)10(3)11-5-4-9(2)18-11/h4-6,10H,7H2,1-3H3,(H,16,17). The quantitative estimate of drug-likeness (QED) is 0.853. The molecule has 2 aromatic rings. The fraction of sp³-hybridized carbons (Fsp3) is 0.385. The van der Waals surface area contributed by atoms with E-state index in [1.807, 2.05) is 43.7 Å². The first kappa shape index (κ1) is 13.7. The van der Waals surface area contributed by atoms with E-state index in [1.165, 1.54) is 11.8 Å². The molecule has 1 unspecified atom stereocenters. The number of aromatic nitrogens is 2. The second kappa shape index (κ2) is 5.52. The number of aliphatic carboxylic acids is 1. The van der Waals surface area contributed by atoms with Crippen molar-refractivity contribution in [2.75, 3.05) is 5.75 Å². The number of furan rings is 1. The number of rotatable bonds is 5. The van der Waals surface area contributed by atoms with E-state index in [9.17, 15) is 4.79 Å². The van der Waals surface area contributed by atoms with Crippen molar-refractivity contribution in [3.8, 4) is 0 Å². The van der Waals surface area contributed by atoms with Crippen LogP contribution < -0.4 is 0 Å². The number of carboxylic acid groups (broad SMARTS) is 1. The summed E-state index contributed by atoms with van der Waals surface area (Å²) in [6, 6.07) is 3.84. The fourth-order valence-electron chi connectivity index (χ4n) is 1.82. The minimum absolute atomic E-state index is 0.000353. The Morgan fingerprint density at radius 2 is 2.26 bits per heavy atom. The maximum absolute atomic E-state index is 10.7. The topological polar surface area (TPSA) is 68.3 Å². The molecule has 0 aromatic carbocycles. The first-order valence-corrected chi connectivity index (χ1v) is 6.92. The molecule has 0 bridgehead atoms. The molecule has 0 aliphatic heterocycles. The van der Waals surface area contributed by atoms with Gasteiger partial charge in [0.25, 0.3) is 0 Å². The van der Waals surface area contributed by atoms with Gasteiger partial charge in [-0.1, -0.05) is 11.8 Å². The third kappa shape index (κ3) is 3.20. The van der Waals surface area contributed by atoms with Crippen molar-refractivity contribution in [1.29, 1.82) is 0 Å². The maximum Gasteiger partial charge on any atom is 0.313 e. The van der Waals surface area contributed by atoms with Crippen LogP contribution in [-0.4, -0.2) is 26.4 Å². The van der Waals surface area contributed by atoms with Crippen LogP contribution in [-0.2, 0) is 4.79 Å². The Hall–Kier alpha value is -1.69. The summed E-state index contributed by atoms with van der Waals surface area (Å²) in [7, 11) is 0. The second-order valence-corrected chi connectivity index (χ2v) is 5.32. The summed E-state index contributed by atoms with van der Waals surface area (Å²) in [4.78, 5) is 15.0. The summed E-state index contributed by atoms with van der Waals surface area (Å²) in [5.41, 5.74) is 0.864. The van der Waals surface area contributed by atoms with Crippen LogP contribution in [0.1, 0.15) is 30.2 Å². The molecule has 0 amide bonds. The Labute approximate surface area is 115 Å². The Balaban J connectivity index is 2.25. The predicted octanol–water partition coefficient (Wildman–Crippen LogP) is 2.88. The molecular weight excluding hydrogens is 264 g/mol. The average Bonchev–Trinajstić information content (AvgIpc) is 2.92. The zero-order valence-corrected chi connectivity index (χ0v) is 11.9. The summed E-state index contributed by atoms with van der Waals surface area (Å²) in [5.74, 6) is 0.851. The lowest BCUT2D eigenvalue weighted by Gasteiger charge is -2.13. The highest BCUT2D eigenvalue weighted by Crippen LogP contribution is 2.27. The number of thioether (sulfide) groups is 1. The van der Waals surface area contributed by atoms with E-state index < -0.39 is 5.97 Å². The van der Waals surface area contributed by atoms with E-state index in [-0.39, 0.29) is 11.8 Å². The number of carboxylic acids is 1. The van der Waals surface area contributed by atoms with E-state index in [0.29, 0.717) is 5.16 Å². The van der Waals surface area contributed by atoms with Gasteiger partial charge in [0.1, 0.15) is 11.5 Å². The number of aryl methyl sites for hydroxylation is 2. The molecule has 1 N–H and O–H groups in total. The largest absolute Gasteiger partial charge is 0.481 e. The van der Waals surface area contributed by atoms with E-state index in [1.54, 1.807) is 0 Å². The van der Waals surface area contributed by atoms with Crippen molar-refractivity contribution in [2.45, 2.75) is 32.0 Å². The van der Waals surface area contributed by atoms with Gasteiger partial charge in [0.15, 0.2) is 5.16 Å². The van der Waals surface area contributed by atoms with Gasteiger partial charge < -0.3 is 14.1 Å². The van der Waals surface area contributed by atoms with Crippen molar-refractivity contribution in [1.82, 2.24) is 9.55 Å². The molecule has 1 atom stereocenters. The Kier molecular flexibility index (Phi) is 3.99. The highest BCUT2D eigenvalue weighted by atomic mass is 32.2. The van der Waals surface area contributed by atoms with Crippen molar-refractivity contribution >= 4 is 17.7 Å². The molecule has 19 heavy (non-hydrogen) atoms. The molecule has 0 saturated heterocycles. The number of hydrogen-bond donors (Lipinski definition) is 1. The minimum Gasteiger partial charge on any atom is -0.481 e. The zero-order valence-electron chi connectivity index (χ0n) is 11.1. The Morgan fingerprint density at radius 1 is 1.53 bits per heavy atom. The number of hydrogen-bond acceptors (Lipinski definition) is 4. The minimum atomic E-state index is -0.848. The van der Waals surface area contributed by atoms with Gasteiger partial charge in [-0.2, -0.15) is 0 Å². The summed E-state index contributed by atoms with van der Waals surface area (Å²) in [5, 5.41) is 9.45. The molecule has 0 radical (unpaired) electrons. The van der Waals surface area contributed by atoms with Crippen LogP contribution in [0.25, 0.3) is 0 Å². The fourth-order valence-corrected chi connectivity index (χ4v) is 2.64. The van der Waals surface area contributed by atoms with Crippen LogP contribution in [0.5, 0.6) is 0 Å². The predicted molar refractivity (Wildman–Crippen MR) is 72.6 cm³/mol. The third-order valence-electron chi connectivity index (χ3n) is 2.73. The van der Waals surface area contributed by atoms with Crippen LogP contribution in [0.15, 0.2) is 27.9 Å². The van der Waals surface area contributed by atoms with Crippen LogP contribution in [0.3, 0.4) is 0 Å². The van der Waals surface area contributed by atoms with Gasteiger partial charge in [-0.05, 0) is 32.9 Å². The second-order valence-electron chi connectivity index (χ2n) is 4.38. The highest BCUT2D eigenvalue weighted by Gasteiger charge is 2.17. The lowest BCUT2D eigenvalue weighted by molar-refractivity contribution is -0.133. The van der Waals surface area contributed by atoms with E-state index >= 15 is 0 Å². The molecule has 0 spiro atoms. The third-order valence-corrected chi connectivity index (χ3v) is 3.69. The van der Waals surface area contributed by atoms with Gasteiger partial charge in [0, 0.05) is 6.20 Å². The summed E-state index contributed by atoms with van der Waals surface area (Å²) in [6.07, 6.45) is 1.91. The summed E-state index contributed by atoms with van der Waals surface area (Å²) >= 11 is 1.22. The van der Waals surface area contributed by atoms with E-state index in [0.717, 1.165) is 17.2 Å². The first-order chi connectivity index (χ1) is 8.97. The first-order valence-electron chi connectivity index (χ1n) is 5.93. The number of imidazole rings is 1. The van der Waals surface area contributed by atoms with Gasteiger partial charge in [-0.3, -0.25) is 4.79 Å². The SMILES string of the molecule is Cc1cn(C(C)c2ccc(C)o2)c(SCC(=O)O)n1. The number of carbonyl (C=O) groups is 1.